The number of nitrogens with one attached hydrogen (secondary N) is 3. The molecule has 0 aliphatic carbocycles. The van der Waals surface area contributed by atoms with Crippen LogP contribution in [0.2, 0.25) is 0 Å². The minimum absolute atomic E-state index is 0. The van der Waals surface area contributed by atoms with Gasteiger partial charge in [0.05, 0.1) is 16.4 Å². The SMILES string of the molecule is CCc1cc2c([NH+]3CC[NH+](Cc4nc5ccccc5[nH]4)CC3)ncnc2s1.[Cl-].[Cl-]. The van der Waals surface area contributed by atoms with Crippen molar-refractivity contribution in [2.24, 2.45) is 0 Å². The van der Waals surface area contributed by atoms with Crippen molar-refractivity contribution in [3.8, 4) is 0 Å². The van der Waals surface area contributed by atoms with Gasteiger partial charge in [0.25, 0.3) is 0 Å². The van der Waals surface area contributed by atoms with E-state index in [4.69, 9.17) is 4.98 Å². The second-order valence-corrected chi connectivity index (χ2v) is 8.35. The monoisotopic (exact) mass is 450 g/mol. The molecule has 0 atom stereocenters. The van der Waals surface area contributed by atoms with Gasteiger partial charge in [-0.3, -0.25) is 4.90 Å². The Kier molecular flexibility index (Phi) is 7.08. The molecule has 3 N–H and O–H groups in total. The molecular formula is C20H24Cl2N6S. The lowest BCUT2D eigenvalue weighted by Gasteiger charge is -2.28. The van der Waals surface area contributed by atoms with E-state index in [0.717, 1.165) is 60.8 Å². The number of piperazine rings is 1. The van der Waals surface area contributed by atoms with Crippen LogP contribution < -0.4 is 34.6 Å². The van der Waals surface area contributed by atoms with Gasteiger partial charge in [0.15, 0.2) is 5.82 Å². The number of H-pyrrole nitrogens is 1. The largest absolute Gasteiger partial charge is 1.00 e. The number of fused-ring (bicyclic) bond motifs is 2. The molecule has 0 saturated carbocycles. The van der Waals surface area contributed by atoms with Crippen LogP contribution in [0.1, 0.15) is 17.6 Å². The third-order valence-electron chi connectivity index (χ3n) is 5.48. The molecule has 0 amide bonds. The highest BCUT2D eigenvalue weighted by atomic mass is 35.5. The quantitative estimate of drug-likeness (QED) is 0.291. The van der Waals surface area contributed by atoms with E-state index in [1.165, 1.54) is 21.0 Å². The smallest absolute Gasteiger partial charge is 0.238 e. The van der Waals surface area contributed by atoms with E-state index in [1.54, 1.807) is 22.6 Å². The van der Waals surface area contributed by atoms with E-state index in [0.29, 0.717) is 0 Å². The molecule has 4 heterocycles. The third-order valence-corrected chi connectivity index (χ3v) is 6.67. The van der Waals surface area contributed by atoms with Crippen LogP contribution in [0, 0.1) is 0 Å². The van der Waals surface area contributed by atoms with Crippen LogP contribution in [0.3, 0.4) is 0 Å². The summed E-state index contributed by atoms with van der Waals surface area (Å²) < 4.78 is 0. The molecule has 5 rings (SSSR count). The van der Waals surface area contributed by atoms with Gasteiger partial charge in [0, 0.05) is 4.88 Å². The van der Waals surface area contributed by atoms with Gasteiger partial charge >= 0.3 is 0 Å². The Balaban J connectivity index is 0.00000120. The lowest BCUT2D eigenvalue weighted by atomic mass is 10.2. The molecule has 6 nitrogen and oxygen atoms in total. The van der Waals surface area contributed by atoms with E-state index in [2.05, 4.69) is 46.1 Å². The number of imidazole rings is 1. The Hall–Kier alpha value is -1.77. The van der Waals surface area contributed by atoms with Crippen molar-refractivity contribution < 1.29 is 34.6 Å². The molecule has 1 aliphatic rings. The molecule has 4 aromatic rings. The number of benzene rings is 1. The number of rotatable bonds is 4. The second kappa shape index (κ2) is 9.36. The predicted molar refractivity (Wildman–Crippen MR) is 108 cm³/mol. The zero-order chi connectivity index (χ0) is 18.2. The first kappa shape index (κ1) is 21.9. The highest BCUT2D eigenvalue weighted by Gasteiger charge is 2.28. The van der Waals surface area contributed by atoms with Crippen LogP contribution in [0.5, 0.6) is 0 Å². The molecule has 1 saturated heterocycles. The number of quaternary nitrogens is 2. The fourth-order valence-electron chi connectivity index (χ4n) is 4.01. The lowest BCUT2D eigenvalue weighted by molar-refractivity contribution is -0.995. The molecule has 9 heteroatoms. The number of aryl methyl sites for hydroxylation is 1. The summed E-state index contributed by atoms with van der Waals surface area (Å²) in [6.07, 6.45) is 2.79. The summed E-state index contributed by atoms with van der Waals surface area (Å²) in [5.74, 6) is 2.27. The fraction of sp³-hybridized carbons (Fsp3) is 0.350. The van der Waals surface area contributed by atoms with Gasteiger partial charge in [0.1, 0.15) is 43.9 Å². The van der Waals surface area contributed by atoms with Crippen molar-refractivity contribution in [3.05, 3.63) is 47.4 Å². The second-order valence-electron chi connectivity index (χ2n) is 7.24. The number of aromatic amines is 1. The van der Waals surface area contributed by atoms with E-state index in [1.807, 2.05) is 6.07 Å². The summed E-state index contributed by atoms with van der Waals surface area (Å²) in [4.78, 5) is 22.9. The van der Waals surface area contributed by atoms with Crippen molar-refractivity contribution in [1.29, 1.82) is 0 Å². The Labute approximate surface area is 186 Å². The van der Waals surface area contributed by atoms with Gasteiger partial charge in [-0.25, -0.2) is 9.97 Å². The fourth-order valence-corrected chi connectivity index (χ4v) is 4.94. The molecule has 1 aliphatic heterocycles. The van der Waals surface area contributed by atoms with Crippen LogP contribution in [-0.4, -0.2) is 46.1 Å². The van der Waals surface area contributed by atoms with Gasteiger partial charge in [-0.15, -0.1) is 11.3 Å². The highest BCUT2D eigenvalue weighted by Crippen LogP contribution is 2.26. The Bertz CT molecular complexity index is 1050. The Morgan fingerprint density at radius 1 is 1.07 bits per heavy atom. The lowest BCUT2D eigenvalue weighted by Crippen LogP contribution is -3.25. The van der Waals surface area contributed by atoms with Gasteiger partial charge < -0.3 is 34.7 Å². The van der Waals surface area contributed by atoms with Crippen LogP contribution in [0.15, 0.2) is 36.7 Å². The maximum absolute atomic E-state index is 4.73. The first-order valence-electron chi connectivity index (χ1n) is 9.66. The molecule has 0 bridgehead atoms. The maximum atomic E-state index is 4.73. The van der Waals surface area contributed by atoms with Crippen molar-refractivity contribution >= 4 is 38.4 Å². The molecule has 154 valence electrons. The molecule has 0 unspecified atom stereocenters. The van der Waals surface area contributed by atoms with Crippen LogP contribution in [0.25, 0.3) is 21.3 Å². The summed E-state index contributed by atoms with van der Waals surface area (Å²) in [5.41, 5.74) is 2.19. The summed E-state index contributed by atoms with van der Waals surface area (Å²) in [6, 6.07) is 10.5. The molecule has 0 radical (unpaired) electrons. The zero-order valence-electron chi connectivity index (χ0n) is 16.2. The van der Waals surface area contributed by atoms with E-state index >= 15 is 0 Å². The Morgan fingerprint density at radius 2 is 1.86 bits per heavy atom. The van der Waals surface area contributed by atoms with Crippen molar-refractivity contribution in [2.45, 2.75) is 19.9 Å². The number of hydrogen-bond acceptors (Lipinski definition) is 4. The minimum atomic E-state index is 0. The van der Waals surface area contributed by atoms with Gasteiger partial charge in [-0.1, -0.05) is 19.1 Å². The maximum Gasteiger partial charge on any atom is 0.238 e. The Morgan fingerprint density at radius 3 is 2.62 bits per heavy atom. The number of thiophene rings is 1. The van der Waals surface area contributed by atoms with Gasteiger partial charge in [0.2, 0.25) is 5.82 Å². The predicted octanol–water partition coefficient (Wildman–Crippen LogP) is -5.25. The van der Waals surface area contributed by atoms with Gasteiger partial charge in [-0.2, -0.15) is 4.98 Å². The van der Waals surface area contributed by atoms with Gasteiger partial charge in [-0.05, 0) is 24.6 Å². The average molecular weight is 451 g/mol. The van der Waals surface area contributed by atoms with E-state index in [9.17, 15) is 0 Å². The first-order valence-corrected chi connectivity index (χ1v) is 10.5. The summed E-state index contributed by atoms with van der Waals surface area (Å²) in [5, 5.41) is 1.25. The molecule has 1 fully saturated rings. The van der Waals surface area contributed by atoms with Crippen molar-refractivity contribution in [2.75, 3.05) is 26.2 Å². The molecule has 3 aromatic heterocycles. The molecular weight excluding hydrogens is 427 g/mol. The normalized spacial score (nSPS) is 19.1. The van der Waals surface area contributed by atoms with E-state index < -0.39 is 0 Å². The van der Waals surface area contributed by atoms with Crippen molar-refractivity contribution in [1.82, 2.24) is 19.9 Å². The summed E-state index contributed by atoms with van der Waals surface area (Å²) in [6.45, 7) is 7.60. The number of hydrogen-bond donors (Lipinski definition) is 3. The average Bonchev–Trinajstić information content (AvgIpc) is 3.31. The summed E-state index contributed by atoms with van der Waals surface area (Å²) in [7, 11) is 0. The van der Waals surface area contributed by atoms with Crippen LogP contribution >= 0.6 is 11.3 Å². The van der Waals surface area contributed by atoms with E-state index in [-0.39, 0.29) is 24.8 Å². The summed E-state index contributed by atoms with van der Waals surface area (Å²) >= 11 is 1.80. The standard InChI is InChI=1S/C20H22N6S.2ClH/c1-2-14-11-15-19(21-13-22-20(15)27-14)26-9-7-25(8-10-26)12-18-23-16-5-3-4-6-17(16)24-18;;/h3-6,11,13H,2,7-10,12H2,1H3,(H,23,24);2*1H. The highest BCUT2D eigenvalue weighted by molar-refractivity contribution is 7.18. The molecule has 0 spiro atoms. The first-order chi connectivity index (χ1) is 13.3. The third kappa shape index (κ3) is 4.39. The van der Waals surface area contributed by atoms with Crippen LogP contribution in [0.4, 0.5) is 5.82 Å². The number of nitrogens with zero attached hydrogens (tertiary/aromatic N) is 3. The number of halogens is 2. The zero-order valence-corrected chi connectivity index (χ0v) is 18.5. The van der Waals surface area contributed by atoms with Crippen LogP contribution in [-0.2, 0) is 13.0 Å². The number of aromatic nitrogens is 4. The number of para-hydroxylation sites is 2. The molecule has 29 heavy (non-hydrogen) atoms. The molecule has 1 aromatic carbocycles. The topological polar surface area (TPSA) is 63.3 Å². The van der Waals surface area contributed by atoms with Crippen molar-refractivity contribution in [3.63, 3.8) is 0 Å². The minimum Gasteiger partial charge on any atom is -1.00 e.